The van der Waals surface area contributed by atoms with E-state index in [2.05, 4.69) is 0 Å². The summed E-state index contributed by atoms with van der Waals surface area (Å²) in [5, 5.41) is 0.660. The third kappa shape index (κ3) is 3.11. The highest BCUT2D eigenvalue weighted by Crippen LogP contribution is 2.21. The zero-order valence-corrected chi connectivity index (χ0v) is 12.2. The molecule has 7 heteroatoms. The van der Waals surface area contributed by atoms with E-state index in [-0.39, 0.29) is 47.8 Å². The lowest BCUT2D eigenvalue weighted by molar-refractivity contribution is -0.148. The van der Waals surface area contributed by atoms with E-state index in [1.54, 1.807) is 13.1 Å². The van der Waals surface area contributed by atoms with E-state index in [0.29, 0.717) is 5.02 Å². The Labute approximate surface area is 126 Å². The summed E-state index contributed by atoms with van der Waals surface area (Å²) in [6, 6.07) is 4.53. The number of hydrogen-bond donors (Lipinski definition) is 0. The fourth-order valence-corrected chi connectivity index (χ4v) is 2.40. The van der Waals surface area contributed by atoms with E-state index in [0.717, 1.165) is 0 Å². The first kappa shape index (κ1) is 14.8. The number of piperazine rings is 1. The predicted molar refractivity (Wildman–Crippen MR) is 75.0 cm³/mol. The summed E-state index contributed by atoms with van der Waals surface area (Å²) >= 11 is 11.7. The number of halogens is 2. The van der Waals surface area contributed by atoms with Crippen LogP contribution in [-0.2, 0) is 9.59 Å². The molecule has 0 aliphatic carbocycles. The Morgan fingerprint density at radius 3 is 2.55 bits per heavy atom. The summed E-state index contributed by atoms with van der Waals surface area (Å²) < 4.78 is 0. The minimum absolute atomic E-state index is 0.0134. The standard InChI is InChI=1S/C13H12Cl2N2O3/c1-16-6-13(20)17(7-12(16)19)5-11(18)9-3-2-8(14)4-10(9)15/h2-4H,5-7H2,1H3. The van der Waals surface area contributed by atoms with Gasteiger partial charge in [-0.3, -0.25) is 14.4 Å². The lowest BCUT2D eigenvalue weighted by Gasteiger charge is -2.31. The summed E-state index contributed by atoms with van der Waals surface area (Å²) in [6.07, 6.45) is 0. The highest BCUT2D eigenvalue weighted by molar-refractivity contribution is 6.36. The van der Waals surface area contributed by atoms with Crippen LogP contribution in [0.1, 0.15) is 10.4 Å². The molecule has 1 aromatic carbocycles. The molecule has 1 aromatic rings. The molecule has 0 radical (unpaired) electrons. The first-order valence-corrected chi connectivity index (χ1v) is 6.64. The van der Waals surface area contributed by atoms with E-state index in [1.807, 2.05) is 0 Å². The van der Waals surface area contributed by atoms with Crippen molar-refractivity contribution in [1.29, 1.82) is 0 Å². The van der Waals surface area contributed by atoms with Crippen molar-refractivity contribution in [2.75, 3.05) is 26.7 Å². The quantitative estimate of drug-likeness (QED) is 0.794. The van der Waals surface area contributed by atoms with Gasteiger partial charge >= 0.3 is 0 Å². The molecule has 1 aliphatic rings. The van der Waals surface area contributed by atoms with Gasteiger partial charge in [0.1, 0.15) is 6.54 Å². The molecule has 0 spiro atoms. The van der Waals surface area contributed by atoms with Crippen molar-refractivity contribution in [3.63, 3.8) is 0 Å². The second-order valence-electron chi connectivity index (χ2n) is 4.55. The molecule has 0 bridgehead atoms. The van der Waals surface area contributed by atoms with Crippen molar-refractivity contribution in [2.24, 2.45) is 0 Å². The van der Waals surface area contributed by atoms with Gasteiger partial charge in [-0.1, -0.05) is 23.2 Å². The first-order valence-electron chi connectivity index (χ1n) is 5.88. The van der Waals surface area contributed by atoms with Gasteiger partial charge in [0.05, 0.1) is 18.1 Å². The Kier molecular flexibility index (Phi) is 4.30. The highest BCUT2D eigenvalue weighted by Gasteiger charge is 2.29. The van der Waals surface area contributed by atoms with Gasteiger partial charge in [0, 0.05) is 17.6 Å². The third-order valence-electron chi connectivity index (χ3n) is 3.04. The highest BCUT2D eigenvalue weighted by atomic mass is 35.5. The molecule has 0 atom stereocenters. The Morgan fingerprint density at radius 1 is 1.20 bits per heavy atom. The summed E-state index contributed by atoms with van der Waals surface area (Å²) in [5.41, 5.74) is 0.287. The average Bonchev–Trinajstić information content (AvgIpc) is 2.35. The molecule has 0 saturated carbocycles. The molecular formula is C13H12Cl2N2O3. The fraction of sp³-hybridized carbons (Fsp3) is 0.308. The van der Waals surface area contributed by atoms with Gasteiger partial charge in [-0.05, 0) is 18.2 Å². The van der Waals surface area contributed by atoms with E-state index in [4.69, 9.17) is 23.2 Å². The Hall–Kier alpha value is -1.59. The number of benzene rings is 1. The van der Waals surface area contributed by atoms with Gasteiger partial charge in [0.2, 0.25) is 11.8 Å². The average molecular weight is 315 g/mol. The number of ketones is 1. The summed E-state index contributed by atoms with van der Waals surface area (Å²) in [5.74, 6) is -0.775. The molecule has 0 N–H and O–H groups in total. The smallest absolute Gasteiger partial charge is 0.243 e. The normalized spacial score (nSPS) is 15.8. The summed E-state index contributed by atoms with van der Waals surface area (Å²) in [4.78, 5) is 38.0. The van der Waals surface area contributed by atoms with Crippen LogP contribution < -0.4 is 0 Å². The van der Waals surface area contributed by atoms with Gasteiger partial charge in [-0.15, -0.1) is 0 Å². The van der Waals surface area contributed by atoms with E-state index >= 15 is 0 Å². The molecule has 0 aromatic heterocycles. The number of hydrogen-bond acceptors (Lipinski definition) is 3. The van der Waals surface area contributed by atoms with Crippen molar-refractivity contribution in [1.82, 2.24) is 9.80 Å². The maximum atomic E-state index is 12.1. The van der Waals surface area contributed by atoms with Crippen LogP contribution in [0.4, 0.5) is 0 Å². The molecule has 106 valence electrons. The lowest BCUT2D eigenvalue weighted by Crippen LogP contribution is -2.53. The molecule has 1 aliphatic heterocycles. The maximum absolute atomic E-state index is 12.1. The van der Waals surface area contributed by atoms with E-state index < -0.39 is 0 Å². The largest absolute Gasteiger partial charge is 0.335 e. The van der Waals surface area contributed by atoms with Gasteiger partial charge in [0.15, 0.2) is 5.78 Å². The second kappa shape index (κ2) is 5.81. The van der Waals surface area contributed by atoms with Crippen LogP contribution in [0, 0.1) is 0 Å². The molecule has 5 nitrogen and oxygen atoms in total. The number of carbonyl (C=O) groups excluding carboxylic acids is 3. The first-order chi connectivity index (χ1) is 9.38. The number of rotatable bonds is 3. The molecule has 20 heavy (non-hydrogen) atoms. The van der Waals surface area contributed by atoms with Gasteiger partial charge in [0.25, 0.3) is 0 Å². The van der Waals surface area contributed by atoms with Crippen LogP contribution in [0.25, 0.3) is 0 Å². The predicted octanol–water partition coefficient (Wildman–Crippen LogP) is 1.48. The number of amides is 2. The zero-order chi connectivity index (χ0) is 14.9. The number of likely N-dealkylation sites (N-methyl/N-ethyl adjacent to an activating group) is 1. The zero-order valence-electron chi connectivity index (χ0n) is 10.7. The van der Waals surface area contributed by atoms with Crippen LogP contribution in [-0.4, -0.2) is 54.1 Å². The third-order valence-corrected chi connectivity index (χ3v) is 3.59. The Balaban J connectivity index is 2.11. The molecule has 2 amide bonds. The van der Waals surface area contributed by atoms with E-state index in [1.165, 1.54) is 21.9 Å². The van der Waals surface area contributed by atoms with Gasteiger partial charge < -0.3 is 9.80 Å². The molecule has 1 saturated heterocycles. The second-order valence-corrected chi connectivity index (χ2v) is 5.39. The summed E-state index contributed by atoms with van der Waals surface area (Å²) in [7, 11) is 1.55. The fourth-order valence-electron chi connectivity index (χ4n) is 1.88. The van der Waals surface area contributed by atoms with Crippen LogP contribution in [0.5, 0.6) is 0 Å². The maximum Gasteiger partial charge on any atom is 0.243 e. The van der Waals surface area contributed by atoms with Crippen molar-refractivity contribution < 1.29 is 14.4 Å². The van der Waals surface area contributed by atoms with Crippen molar-refractivity contribution in [3.8, 4) is 0 Å². The summed E-state index contributed by atoms with van der Waals surface area (Å²) in [6.45, 7) is -0.271. The van der Waals surface area contributed by atoms with E-state index in [9.17, 15) is 14.4 Å². The van der Waals surface area contributed by atoms with Crippen molar-refractivity contribution >= 4 is 40.8 Å². The van der Waals surface area contributed by atoms with Crippen molar-refractivity contribution in [3.05, 3.63) is 33.8 Å². The monoisotopic (exact) mass is 314 g/mol. The topological polar surface area (TPSA) is 57.7 Å². The van der Waals surface area contributed by atoms with Crippen molar-refractivity contribution in [2.45, 2.75) is 0 Å². The Bertz CT molecular complexity index is 589. The van der Waals surface area contributed by atoms with Crippen LogP contribution in [0.15, 0.2) is 18.2 Å². The minimum atomic E-state index is -0.322. The molecular weight excluding hydrogens is 303 g/mol. The molecule has 1 heterocycles. The number of carbonyl (C=O) groups is 3. The molecule has 2 rings (SSSR count). The number of nitrogens with zero attached hydrogens (tertiary/aromatic N) is 2. The van der Waals surface area contributed by atoms with Crippen LogP contribution in [0.3, 0.4) is 0 Å². The SMILES string of the molecule is CN1CC(=O)N(CC(=O)c2ccc(Cl)cc2Cl)CC1=O. The Morgan fingerprint density at radius 2 is 1.90 bits per heavy atom. The molecule has 0 unspecified atom stereocenters. The van der Waals surface area contributed by atoms with Gasteiger partial charge in [-0.2, -0.15) is 0 Å². The van der Waals surface area contributed by atoms with Gasteiger partial charge in [-0.25, -0.2) is 0 Å². The van der Waals surface area contributed by atoms with Crippen LogP contribution in [0.2, 0.25) is 10.0 Å². The lowest BCUT2D eigenvalue weighted by atomic mass is 10.1. The number of Topliss-reactive ketones (excluding diaryl/α,β-unsaturated/α-hetero) is 1. The minimum Gasteiger partial charge on any atom is -0.335 e. The molecule has 1 fully saturated rings. The van der Waals surface area contributed by atoms with Crippen LogP contribution >= 0.6 is 23.2 Å².